The van der Waals surface area contributed by atoms with Gasteiger partial charge in [0.05, 0.1) is 12.7 Å². The van der Waals surface area contributed by atoms with Crippen molar-refractivity contribution in [1.82, 2.24) is 10.3 Å². The fourth-order valence-electron chi connectivity index (χ4n) is 1.54. The van der Waals surface area contributed by atoms with E-state index in [0.717, 1.165) is 18.3 Å². The Morgan fingerprint density at radius 1 is 1.32 bits per heavy atom. The molecule has 0 aromatic carbocycles. The lowest BCUT2D eigenvalue weighted by molar-refractivity contribution is -0.274. The van der Waals surface area contributed by atoms with Crippen LogP contribution in [0.5, 0.6) is 11.6 Å². The Morgan fingerprint density at radius 2 is 2.05 bits per heavy atom. The van der Waals surface area contributed by atoms with Crippen LogP contribution in [0, 0.1) is 0 Å². The van der Waals surface area contributed by atoms with E-state index < -0.39 is 30.7 Å². The molecule has 9 heteroatoms. The van der Waals surface area contributed by atoms with Crippen molar-refractivity contribution in [2.45, 2.75) is 18.4 Å². The Bertz CT molecular complexity index is 435. The summed E-state index contributed by atoms with van der Waals surface area (Å²) in [5.74, 6) is -3.78. The van der Waals surface area contributed by atoms with Crippen LogP contribution < -0.4 is 14.8 Å². The molecule has 1 aromatic rings. The van der Waals surface area contributed by atoms with Crippen LogP contribution in [0.4, 0.5) is 22.0 Å². The van der Waals surface area contributed by atoms with Gasteiger partial charge in [-0.15, -0.1) is 13.2 Å². The summed E-state index contributed by atoms with van der Waals surface area (Å²) >= 11 is 0. The lowest BCUT2D eigenvalue weighted by Gasteiger charge is -2.18. The predicted molar refractivity (Wildman–Crippen MR) is 53.2 cm³/mol. The molecule has 1 saturated heterocycles. The molecule has 0 aliphatic carbocycles. The van der Waals surface area contributed by atoms with E-state index in [1.54, 1.807) is 0 Å². The molecule has 2 rings (SSSR count). The Kier molecular flexibility index (Phi) is 3.48. The number of pyridine rings is 1. The highest BCUT2D eigenvalue weighted by atomic mass is 19.4. The number of ether oxygens (including phenoxy) is 2. The zero-order chi connectivity index (χ0) is 14.1. The summed E-state index contributed by atoms with van der Waals surface area (Å²) in [4.78, 5) is 3.48. The SMILES string of the molecule is FC(F)(F)Oc1ccc(O[C@H]2CNCC2(F)F)nc1. The van der Waals surface area contributed by atoms with E-state index in [9.17, 15) is 22.0 Å². The first kappa shape index (κ1) is 13.8. The molecule has 0 bridgehead atoms. The second-order valence-electron chi connectivity index (χ2n) is 3.88. The molecular formula is C10H9F5N2O2. The Hall–Kier alpha value is -1.64. The van der Waals surface area contributed by atoms with Crippen LogP contribution in [0.1, 0.15) is 0 Å². The highest BCUT2D eigenvalue weighted by Crippen LogP contribution is 2.27. The van der Waals surface area contributed by atoms with Gasteiger partial charge in [0.25, 0.3) is 5.92 Å². The fraction of sp³-hybridized carbons (Fsp3) is 0.500. The van der Waals surface area contributed by atoms with Crippen LogP contribution in [0.2, 0.25) is 0 Å². The van der Waals surface area contributed by atoms with Crippen LogP contribution in [0.15, 0.2) is 18.3 Å². The zero-order valence-corrected chi connectivity index (χ0v) is 9.38. The Labute approximate surface area is 104 Å². The van der Waals surface area contributed by atoms with E-state index >= 15 is 0 Å². The molecule has 1 aliphatic rings. The molecule has 0 unspecified atom stereocenters. The van der Waals surface area contributed by atoms with E-state index in [-0.39, 0.29) is 12.4 Å². The molecule has 0 amide bonds. The largest absolute Gasteiger partial charge is 0.573 e. The summed E-state index contributed by atoms with van der Waals surface area (Å²) in [6, 6.07) is 1.98. The van der Waals surface area contributed by atoms with Crippen LogP contribution >= 0.6 is 0 Å². The zero-order valence-electron chi connectivity index (χ0n) is 9.38. The molecule has 2 heterocycles. The minimum absolute atomic E-state index is 0.0600. The van der Waals surface area contributed by atoms with Crippen LogP contribution in [-0.2, 0) is 0 Å². The number of rotatable bonds is 3. The highest BCUT2D eigenvalue weighted by molar-refractivity contribution is 5.23. The van der Waals surface area contributed by atoms with Crippen molar-refractivity contribution in [1.29, 1.82) is 0 Å². The van der Waals surface area contributed by atoms with Gasteiger partial charge in [-0.1, -0.05) is 0 Å². The first-order valence-electron chi connectivity index (χ1n) is 5.23. The number of hydrogen-bond acceptors (Lipinski definition) is 4. The molecule has 1 atom stereocenters. The topological polar surface area (TPSA) is 43.4 Å². The van der Waals surface area contributed by atoms with Crippen LogP contribution in [-0.4, -0.2) is 36.5 Å². The van der Waals surface area contributed by atoms with Gasteiger partial charge in [0.15, 0.2) is 6.10 Å². The number of alkyl halides is 5. The Morgan fingerprint density at radius 3 is 2.53 bits per heavy atom. The third kappa shape index (κ3) is 3.66. The summed E-state index contributed by atoms with van der Waals surface area (Å²) in [6.45, 7) is -0.567. The maximum Gasteiger partial charge on any atom is 0.573 e. The fourth-order valence-corrected chi connectivity index (χ4v) is 1.54. The van der Waals surface area contributed by atoms with E-state index in [4.69, 9.17) is 4.74 Å². The number of nitrogens with one attached hydrogen (secondary N) is 1. The third-order valence-electron chi connectivity index (χ3n) is 2.37. The summed E-state index contributed by atoms with van der Waals surface area (Å²) < 4.78 is 70.6. The van der Waals surface area contributed by atoms with Crippen LogP contribution in [0.3, 0.4) is 0 Å². The monoisotopic (exact) mass is 284 g/mol. The molecule has 106 valence electrons. The lowest BCUT2D eigenvalue weighted by atomic mass is 10.2. The average Bonchev–Trinajstić information content (AvgIpc) is 2.59. The van der Waals surface area contributed by atoms with E-state index in [0.29, 0.717) is 0 Å². The molecule has 0 saturated carbocycles. The van der Waals surface area contributed by atoms with Crippen molar-refractivity contribution in [2.75, 3.05) is 13.1 Å². The van der Waals surface area contributed by atoms with Gasteiger partial charge in [-0.2, -0.15) is 0 Å². The standard InChI is InChI=1S/C10H9F5N2O2/c11-9(12)5-16-4-7(9)18-8-2-1-6(3-17-8)19-10(13,14)15/h1-3,7,16H,4-5H2/t7-/m0/s1. The lowest BCUT2D eigenvalue weighted by Crippen LogP contribution is -2.36. The van der Waals surface area contributed by atoms with Gasteiger partial charge in [-0.3, -0.25) is 0 Å². The second kappa shape index (κ2) is 4.80. The summed E-state index contributed by atoms with van der Waals surface area (Å²) in [7, 11) is 0. The van der Waals surface area contributed by atoms with Gasteiger partial charge >= 0.3 is 6.36 Å². The summed E-state index contributed by atoms with van der Waals surface area (Å²) in [5.41, 5.74) is 0. The van der Waals surface area contributed by atoms with Gasteiger partial charge in [0.2, 0.25) is 5.88 Å². The third-order valence-corrected chi connectivity index (χ3v) is 2.37. The smallest absolute Gasteiger partial charge is 0.466 e. The quantitative estimate of drug-likeness (QED) is 0.862. The molecular weight excluding hydrogens is 275 g/mol. The van der Waals surface area contributed by atoms with Crippen LogP contribution in [0.25, 0.3) is 0 Å². The van der Waals surface area contributed by atoms with Crippen molar-refractivity contribution in [3.63, 3.8) is 0 Å². The second-order valence-corrected chi connectivity index (χ2v) is 3.88. The molecule has 0 radical (unpaired) electrons. The van der Waals surface area contributed by atoms with Gasteiger partial charge in [-0.05, 0) is 6.07 Å². The maximum atomic E-state index is 13.2. The van der Waals surface area contributed by atoms with Gasteiger partial charge in [0, 0.05) is 12.6 Å². The van der Waals surface area contributed by atoms with Crippen molar-refractivity contribution in [3.8, 4) is 11.6 Å². The number of hydrogen-bond donors (Lipinski definition) is 1. The summed E-state index contributed by atoms with van der Waals surface area (Å²) in [5, 5.41) is 2.45. The van der Waals surface area contributed by atoms with Gasteiger partial charge < -0.3 is 14.8 Å². The normalized spacial score (nSPS) is 22.3. The molecule has 1 N–H and O–H groups in total. The van der Waals surface area contributed by atoms with Crippen molar-refractivity contribution >= 4 is 0 Å². The van der Waals surface area contributed by atoms with Crippen molar-refractivity contribution < 1.29 is 31.4 Å². The van der Waals surface area contributed by atoms with E-state index in [1.807, 2.05) is 0 Å². The number of aromatic nitrogens is 1. The van der Waals surface area contributed by atoms with Gasteiger partial charge in [0.1, 0.15) is 5.75 Å². The molecule has 19 heavy (non-hydrogen) atoms. The number of nitrogens with zero attached hydrogens (tertiary/aromatic N) is 1. The Balaban J connectivity index is 1.99. The summed E-state index contributed by atoms with van der Waals surface area (Å²) in [6.07, 6.45) is -5.47. The highest BCUT2D eigenvalue weighted by Gasteiger charge is 2.46. The molecule has 4 nitrogen and oxygen atoms in total. The van der Waals surface area contributed by atoms with Gasteiger partial charge in [-0.25, -0.2) is 13.8 Å². The molecule has 0 spiro atoms. The molecule has 1 aliphatic heterocycles. The van der Waals surface area contributed by atoms with E-state index in [1.165, 1.54) is 0 Å². The molecule has 1 fully saturated rings. The maximum absolute atomic E-state index is 13.2. The van der Waals surface area contributed by atoms with E-state index in [2.05, 4.69) is 15.0 Å². The first-order chi connectivity index (χ1) is 8.76. The number of halogens is 5. The minimum atomic E-state index is -4.83. The molecule has 1 aromatic heterocycles. The average molecular weight is 284 g/mol. The minimum Gasteiger partial charge on any atom is -0.466 e. The van der Waals surface area contributed by atoms with Crippen molar-refractivity contribution in [2.24, 2.45) is 0 Å². The first-order valence-corrected chi connectivity index (χ1v) is 5.23. The predicted octanol–water partition coefficient (Wildman–Crippen LogP) is 1.97. The van der Waals surface area contributed by atoms with Crippen molar-refractivity contribution in [3.05, 3.63) is 18.3 Å².